The minimum absolute atomic E-state index is 0.100. The molecule has 0 bridgehead atoms. The highest BCUT2D eigenvalue weighted by molar-refractivity contribution is 6.34. The summed E-state index contributed by atoms with van der Waals surface area (Å²) in [6.45, 7) is 1.82. The number of fused-ring (bicyclic) bond motifs is 1. The maximum absolute atomic E-state index is 14.5. The van der Waals surface area contributed by atoms with Gasteiger partial charge in [0.15, 0.2) is 11.6 Å². The van der Waals surface area contributed by atoms with Crippen LogP contribution in [0.3, 0.4) is 0 Å². The van der Waals surface area contributed by atoms with E-state index in [1.807, 2.05) is 0 Å². The number of anilines is 2. The van der Waals surface area contributed by atoms with Crippen LogP contribution < -0.4 is 21.4 Å². The van der Waals surface area contributed by atoms with Crippen LogP contribution in [0.25, 0.3) is 16.6 Å². The second-order valence-electron chi connectivity index (χ2n) is 10.4. The third kappa shape index (κ3) is 5.37. The quantitative estimate of drug-likeness (QED) is 0.273. The van der Waals surface area contributed by atoms with E-state index in [2.05, 4.69) is 20.4 Å². The van der Waals surface area contributed by atoms with Gasteiger partial charge in [0, 0.05) is 36.5 Å². The molecule has 0 aliphatic heterocycles. The van der Waals surface area contributed by atoms with E-state index in [9.17, 15) is 18.4 Å². The second kappa shape index (κ2) is 11.0. The summed E-state index contributed by atoms with van der Waals surface area (Å²) in [5, 5.41) is 8.35. The number of benzene rings is 2. The van der Waals surface area contributed by atoms with Gasteiger partial charge in [-0.15, -0.1) is 0 Å². The first-order valence-electron chi connectivity index (χ1n) is 13.3. The Hall–Kier alpha value is -4.58. The molecule has 0 radical (unpaired) electrons. The highest BCUT2D eigenvalue weighted by Crippen LogP contribution is 2.31. The zero-order chi connectivity index (χ0) is 29.5. The first-order chi connectivity index (χ1) is 20.2. The second-order valence-corrected chi connectivity index (χ2v) is 10.9. The standard InChI is InChI=1S/C29H26ClF2N7O3/c1-16-6-20(12-33-11-16)39-28(40)35-27(34-25-8-18-13-37(2)36-24(18)9-21(25)30)38(29(39)41)14-19-7-22(31)23(32)10-26(19)42-15-17-4-3-5-17/h6-13,17H,3-5,14-15H2,1-2H3,(H,34,35,40). The van der Waals surface area contributed by atoms with E-state index in [1.165, 1.54) is 6.20 Å². The van der Waals surface area contributed by atoms with E-state index in [0.717, 1.165) is 51.5 Å². The van der Waals surface area contributed by atoms with Crippen molar-refractivity contribution in [2.24, 2.45) is 13.0 Å². The Bertz CT molecular complexity index is 1950. The topological polar surface area (TPSA) is 109 Å². The summed E-state index contributed by atoms with van der Waals surface area (Å²) in [6.07, 6.45) is 7.82. The van der Waals surface area contributed by atoms with Gasteiger partial charge in [0.2, 0.25) is 5.95 Å². The molecule has 1 aliphatic rings. The highest BCUT2D eigenvalue weighted by Gasteiger charge is 2.22. The molecular formula is C29H26ClF2N7O3. The molecule has 2 aromatic carbocycles. The lowest BCUT2D eigenvalue weighted by Crippen LogP contribution is -2.42. The Balaban J connectivity index is 1.49. The van der Waals surface area contributed by atoms with Crippen molar-refractivity contribution in [3.63, 3.8) is 0 Å². The number of aryl methyl sites for hydroxylation is 2. The van der Waals surface area contributed by atoms with E-state index in [-0.39, 0.29) is 34.5 Å². The van der Waals surface area contributed by atoms with Crippen LogP contribution >= 0.6 is 11.6 Å². The van der Waals surface area contributed by atoms with Gasteiger partial charge in [0.05, 0.1) is 41.3 Å². The molecule has 0 spiro atoms. The number of aromatic nitrogens is 6. The zero-order valence-electron chi connectivity index (χ0n) is 22.8. The van der Waals surface area contributed by atoms with Crippen LogP contribution in [0.2, 0.25) is 5.02 Å². The third-order valence-electron chi connectivity index (χ3n) is 7.27. The van der Waals surface area contributed by atoms with E-state index >= 15 is 0 Å². The van der Waals surface area contributed by atoms with Crippen LogP contribution in [0, 0.1) is 24.5 Å². The summed E-state index contributed by atoms with van der Waals surface area (Å²) in [5.74, 6) is -1.89. The molecule has 42 heavy (non-hydrogen) atoms. The number of pyridine rings is 1. The zero-order valence-corrected chi connectivity index (χ0v) is 23.5. The fraction of sp³-hybridized carbons (Fsp3) is 0.276. The molecule has 1 saturated carbocycles. The number of nitrogens with one attached hydrogen (secondary N) is 1. The van der Waals surface area contributed by atoms with E-state index in [0.29, 0.717) is 23.7 Å². The lowest BCUT2D eigenvalue weighted by molar-refractivity contribution is 0.178. The van der Waals surface area contributed by atoms with Crippen LogP contribution in [-0.4, -0.2) is 35.5 Å². The molecule has 0 saturated heterocycles. The summed E-state index contributed by atoms with van der Waals surface area (Å²) < 4.78 is 38.3. The van der Waals surface area contributed by atoms with Crippen molar-refractivity contribution in [1.29, 1.82) is 0 Å². The summed E-state index contributed by atoms with van der Waals surface area (Å²) in [4.78, 5) is 35.5. The first-order valence-corrected chi connectivity index (χ1v) is 13.7. The number of hydrogen-bond acceptors (Lipinski definition) is 7. The molecule has 216 valence electrons. The summed E-state index contributed by atoms with van der Waals surface area (Å²) in [5.41, 5.74) is 0.488. The van der Waals surface area contributed by atoms with E-state index in [1.54, 1.807) is 49.2 Å². The lowest BCUT2D eigenvalue weighted by atomic mass is 9.86. The van der Waals surface area contributed by atoms with Crippen molar-refractivity contribution < 1.29 is 13.5 Å². The Morgan fingerprint density at radius 2 is 1.88 bits per heavy atom. The lowest BCUT2D eigenvalue weighted by Gasteiger charge is -2.26. The fourth-order valence-electron chi connectivity index (χ4n) is 4.87. The van der Waals surface area contributed by atoms with Gasteiger partial charge in [-0.3, -0.25) is 14.2 Å². The third-order valence-corrected chi connectivity index (χ3v) is 7.59. The highest BCUT2D eigenvalue weighted by atomic mass is 35.5. The molecule has 0 unspecified atom stereocenters. The monoisotopic (exact) mass is 593 g/mol. The van der Waals surface area contributed by atoms with Gasteiger partial charge < -0.3 is 10.1 Å². The van der Waals surface area contributed by atoms with Gasteiger partial charge >= 0.3 is 11.4 Å². The largest absolute Gasteiger partial charge is 0.493 e. The van der Waals surface area contributed by atoms with Gasteiger partial charge in [0.25, 0.3) is 0 Å². The van der Waals surface area contributed by atoms with Crippen molar-refractivity contribution >= 4 is 34.1 Å². The molecule has 0 amide bonds. The van der Waals surface area contributed by atoms with Gasteiger partial charge in [-0.1, -0.05) is 18.0 Å². The van der Waals surface area contributed by atoms with Gasteiger partial charge in [0.1, 0.15) is 5.75 Å². The molecule has 1 N–H and O–H groups in total. The summed E-state index contributed by atoms with van der Waals surface area (Å²) in [7, 11) is 1.77. The SMILES string of the molecule is Cc1cncc(-n2c(=O)nc(Nc3cc4cn(C)nc4cc3Cl)n(Cc3cc(F)c(F)cc3OCC3CCC3)c2=O)c1. The molecule has 10 nitrogen and oxygen atoms in total. The smallest absolute Gasteiger partial charge is 0.359 e. The predicted octanol–water partition coefficient (Wildman–Crippen LogP) is 4.89. The van der Waals surface area contributed by atoms with Crippen molar-refractivity contribution in [2.75, 3.05) is 11.9 Å². The predicted molar refractivity (Wildman–Crippen MR) is 154 cm³/mol. The molecule has 3 heterocycles. The Morgan fingerprint density at radius 3 is 2.62 bits per heavy atom. The number of rotatable bonds is 8. The Labute approximate surface area is 243 Å². The maximum atomic E-state index is 14.5. The maximum Gasteiger partial charge on any atom is 0.359 e. The number of ether oxygens (including phenoxy) is 1. The van der Waals surface area contributed by atoms with Crippen molar-refractivity contribution in [2.45, 2.75) is 32.7 Å². The number of halogens is 3. The van der Waals surface area contributed by atoms with Gasteiger partial charge in [-0.05, 0) is 55.5 Å². The molecule has 13 heteroatoms. The van der Waals surface area contributed by atoms with Gasteiger partial charge in [-0.25, -0.2) is 22.9 Å². The summed E-state index contributed by atoms with van der Waals surface area (Å²) >= 11 is 6.52. The molecular weight excluding hydrogens is 568 g/mol. The van der Waals surface area contributed by atoms with Crippen molar-refractivity contribution in [3.05, 3.63) is 97.7 Å². The normalized spacial score (nSPS) is 13.4. The Kier molecular flexibility index (Phi) is 7.23. The average molecular weight is 594 g/mol. The van der Waals surface area contributed by atoms with E-state index in [4.69, 9.17) is 16.3 Å². The van der Waals surface area contributed by atoms with Gasteiger partial charge in [-0.2, -0.15) is 10.1 Å². The molecule has 1 aliphatic carbocycles. The van der Waals surface area contributed by atoms with E-state index < -0.39 is 23.0 Å². The Morgan fingerprint density at radius 1 is 1.10 bits per heavy atom. The molecule has 6 rings (SSSR count). The number of hydrogen-bond donors (Lipinski definition) is 1. The first kappa shape index (κ1) is 27.6. The van der Waals surface area contributed by atoms with Crippen molar-refractivity contribution in [3.8, 4) is 11.4 Å². The van der Waals surface area contributed by atoms with Crippen LogP contribution in [0.5, 0.6) is 5.75 Å². The van der Waals surface area contributed by atoms with Crippen molar-refractivity contribution in [1.82, 2.24) is 28.9 Å². The summed E-state index contributed by atoms with van der Waals surface area (Å²) in [6, 6.07) is 6.93. The molecule has 5 aromatic rings. The molecule has 3 aromatic heterocycles. The van der Waals surface area contributed by atoms with Crippen LogP contribution in [0.4, 0.5) is 20.4 Å². The number of nitrogens with zero attached hydrogens (tertiary/aromatic N) is 6. The molecule has 0 atom stereocenters. The minimum atomic E-state index is -1.10. The average Bonchev–Trinajstić information content (AvgIpc) is 3.26. The fourth-order valence-corrected chi connectivity index (χ4v) is 5.07. The minimum Gasteiger partial charge on any atom is -0.493 e. The van der Waals surface area contributed by atoms with Crippen LogP contribution in [-0.2, 0) is 13.6 Å². The molecule has 1 fully saturated rings. The van der Waals surface area contributed by atoms with Crippen LogP contribution in [0.1, 0.15) is 30.4 Å². The van der Waals surface area contributed by atoms with Crippen LogP contribution in [0.15, 0.2) is 58.5 Å².